The van der Waals surface area contributed by atoms with Gasteiger partial charge in [-0.2, -0.15) is 0 Å². The van der Waals surface area contributed by atoms with E-state index in [2.05, 4.69) is 23.8 Å². The first-order valence-corrected chi connectivity index (χ1v) is 6.69. The standard InChI is InChI=1S/C13H26N2O/c1-11(16-3)13-5-4-8-15(13)12-6-9-14(2)10-7-12/h11-13H,4-10H2,1-3H3/t11-,13-/m0/s1. The molecule has 0 aromatic heterocycles. The third kappa shape index (κ3) is 2.58. The lowest BCUT2D eigenvalue weighted by Gasteiger charge is -2.39. The van der Waals surface area contributed by atoms with Gasteiger partial charge in [0.15, 0.2) is 0 Å². The van der Waals surface area contributed by atoms with E-state index in [1.165, 1.54) is 45.3 Å². The quantitative estimate of drug-likeness (QED) is 0.726. The van der Waals surface area contributed by atoms with E-state index in [9.17, 15) is 0 Å². The topological polar surface area (TPSA) is 15.7 Å². The molecule has 0 aromatic rings. The number of hydrogen-bond donors (Lipinski definition) is 0. The van der Waals surface area contributed by atoms with E-state index < -0.39 is 0 Å². The van der Waals surface area contributed by atoms with Crippen LogP contribution < -0.4 is 0 Å². The molecule has 2 aliphatic heterocycles. The predicted octanol–water partition coefficient (Wildman–Crippen LogP) is 1.58. The van der Waals surface area contributed by atoms with Crippen molar-refractivity contribution in [2.24, 2.45) is 0 Å². The summed E-state index contributed by atoms with van der Waals surface area (Å²) >= 11 is 0. The van der Waals surface area contributed by atoms with Crippen molar-refractivity contribution in [2.75, 3.05) is 33.8 Å². The molecule has 0 amide bonds. The largest absolute Gasteiger partial charge is 0.380 e. The number of likely N-dealkylation sites (tertiary alicyclic amines) is 2. The van der Waals surface area contributed by atoms with Crippen molar-refractivity contribution < 1.29 is 4.74 Å². The van der Waals surface area contributed by atoms with Crippen LogP contribution >= 0.6 is 0 Å². The average molecular weight is 226 g/mol. The molecule has 0 N–H and O–H groups in total. The summed E-state index contributed by atoms with van der Waals surface area (Å²) in [5.74, 6) is 0. The number of methoxy groups -OCH3 is 1. The molecule has 94 valence electrons. The minimum absolute atomic E-state index is 0.391. The van der Waals surface area contributed by atoms with Gasteiger partial charge in [-0.05, 0) is 59.3 Å². The summed E-state index contributed by atoms with van der Waals surface area (Å²) in [6, 6.07) is 1.47. The zero-order valence-corrected chi connectivity index (χ0v) is 11.0. The van der Waals surface area contributed by atoms with Crippen molar-refractivity contribution in [3.63, 3.8) is 0 Å². The van der Waals surface area contributed by atoms with E-state index in [0.29, 0.717) is 12.1 Å². The van der Waals surface area contributed by atoms with Crippen LogP contribution in [0.25, 0.3) is 0 Å². The van der Waals surface area contributed by atoms with Gasteiger partial charge in [0.25, 0.3) is 0 Å². The highest BCUT2D eigenvalue weighted by Gasteiger charge is 2.35. The molecule has 16 heavy (non-hydrogen) atoms. The molecular formula is C13H26N2O. The van der Waals surface area contributed by atoms with Gasteiger partial charge in [0.2, 0.25) is 0 Å². The Morgan fingerprint density at radius 2 is 1.81 bits per heavy atom. The summed E-state index contributed by atoms with van der Waals surface area (Å²) in [5.41, 5.74) is 0. The fourth-order valence-electron chi connectivity index (χ4n) is 3.26. The molecule has 2 aliphatic rings. The number of hydrogen-bond acceptors (Lipinski definition) is 3. The Bertz CT molecular complexity index is 214. The number of ether oxygens (including phenoxy) is 1. The summed E-state index contributed by atoms with van der Waals surface area (Å²) in [6.45, 7) is 6.02. The van der Waals surface area contributed by atoms with E-state index >= 15 is 0 Å². The highest BCUT2D eigenvalue weighted by Crippen LogP contribution is 2.28. The summed E-state index contributed by atoms with van der Waals surface area (Å²) in [4.78, 5) is 5.17. The Kier molecular flexibility index (Phi) is 4.22. The molecule has 2 heterocycles. The average Bonchev–Trinajstić information content (AvgIpc) is 2.78. The Morgan fingerprint density at radius 3 is 2.44 bits per heavy atom. The molecule has 0 aliphatic carbocycles. The SMILES string of the molecule is CO[C@@H](C)[C@@H]1CCCN1C1CCN(C)CC1. The molecule has 0 bridgehead atoms. The van der Waals surface area contributed by atoms with Gasteiger partial charge in [0.1, 0.15) is 0 Å². The van der Waals surface area contributed by atoms with Gasteiger partial charge in [-0.25, -0.2) is 0 Å². The third-order valence-electron chi connectivity index (χ3n) is 4.41. The number of piperidine rings is 1. The Labute approximate surface area is 99.7 Å². The maximum absolute atomic E-state index is 5.52. The monoisotopic (exact) mass is 226 g/mol. The van der Waals surface area contributed by atoms with Crippen LogP contribution in [-0.4, -0.2) is 61.8 Å². The second-order valence-electron chi connectivity index (χ2n) is 5.42. The van der Waals surface area contributed by atoms with Crippen molar-refractivity contribution >= 4 is 0 Å². The van der Waals surface area contributed by atoms with Crippen molar-refractivity contribution in [1.29, 1.82) is 0 Å². The molecule has 2 atom stereocenters. The van der Waals surface area contributed by atoms with Gasteiger partial charge in [0, 0.05) is 19.2 Å². The first kappa shape index (κ1) is 12.3. The lowest BCUT2D eigenvalue weighted by Crippen LogP contribution is -2.49. The first-order chi connectivity index (χ1) is 7.72. The van der Waals surface area contributed by atoms with Crippen LogP contribution in [0, 0.1) is 0 Å². The highest BCUT2D eigenvalue weighted by molar-refractivity contribution is 4.90. The third-order valence-corrected chi connectivity index (χ3v) is 4.41. The summed E-state index contributed by atoms with van der Waals surface area (Å²) in [6.07, 6.45) is 5.74. The van der Waals surface area contributed by atoms with Crippen molar-refractivity contribution in [2.45, 2.75) is 50.8 Å². The Hall–Kier alpha value is -0.120. The number of rotatable bonds is 3. The van der Waals surface area contributed by atoms with Gasteiger partial charge >= 0.3 is 0 Å². The van der Waals surface area contributed by atoms with E-state index in [4.69, 9.17) is 4.74 Å². The molecular weight excluding hydrogens is 200 g/mol. The highest BCUT2D eigenvalue weighted by atomic mass is 16.5. The molecule has 0 unspecified atom stereocenters. The van der Waals surface area contributed by atoms with Crippen LogP contribution in [0.3, 0.4) is 0 Å². The summed E-state index contributed by atoms with van der Waals surface area (Å²) < 4.78 is 5.52. The molecule has 3 heteroatoms. The smallest absolute Gasteiger partial charge is 0.0698 e. The molecule has 2 saturated heterocycles. The number of nitrogens with zero attached hydrogens (tertiary/aromatic N) is 2. The lowest BCUT2D eigenvalue weighted by atomic mass is 10.0. The van der Waals surface area contributed by atoms with Crippen molar-refractivity contribution in [3.05, 3.63) is 0 Å². The Balaban J connectivity index is 1.92. The Morgan fingerprint density at radius 1 is 1.12 bits per heavy atom. The predicted molar refractivity (Wildman–Crippen MR) is 66.7 cm³/mol. The van der Waals surface area contributed by atoms with Crippen molar-refractivity contribution in [3.8, 4) is 0 Å². The minimum Gasteiger partial charge on any atom is -0.380 e. The van der Waals surface area contributed by atoms with Crippen LogP contribution in [0.15, 0.2) is 0 Å². The van der Waals surface area contributed by atoms with E-state index in [1.807, 2.05) is 7.11 Å². The van der Waals surface area contributed by atoms with Crippen LogP contribution in [0.5, 0.6) is 0 Å². The molecule has 0 saturated carbocycles. The van der Waals surface area contributed by atoms with E-state index in [-0.39, 0.29) is 0 Å². The first-order valence-electron chi connectivity index (χ1n) is 6.69. The zero-order chi connectivity index (χ0) is 11.5. The van der Waals surface area contributed by atoms with Gasteiger partial charge in [-0.1, -0.05) is 0 Å². The fourth-order valence-corrected chi connectivity index (χ4v) is 3.26. The maximum atomic E-state index is 5.52. The van der Waals surface area contributed by atoms with Crippen molar-refractivity contribution in [1.82, 2.24) is 9.80 Å². The second-order valence-corrected chi connectivity index (χ2v) is 5.42. The molecule has 3 nitrogen and oxygen atoms in total. The van der Waals surface area contributed by atoms with Gasteiger partial charge in [-0.3, -0.25) is 4.90 Å². The van der Waals surface area contributed by atoms with E-state index in [1.54, 1.807) is 0 Å². The summed E-state index contributed by atoms with van der Waals surface area (Å²) in [7, 11) is 4.07. The van der Waals surface area contributed by atoms with Gasteiger partial charge in [-0.15, -0.1) is 0 Å². The van der Waals surface area contributed by atoms with Gasteiger partial charge < -0.3 is 9.64 Å². The van der Waals surface area contributed by atoms with Crippen LogP contribution in [0.1, 0.15) is 32.6 Å². The minimum atomic E-state index is 0.391. The maximum Gasteiger partial charge on any atom is 0.0698 e. The second kappa shape index (κ2) is 5.48. The van der Waals surface area contributed by atoms with Crippen LogP contribution in [0.2, 0.25) is 0 Å². The van der Waals surface area contributed by atoms with Crippen LogP contribution in [0.4, 0.5) is 0 Å². The normalized spacial score (nSPS) is 32.1. The summed E-state index contributed by atoms with van der Waals surface area (Å²) in [5, 5.41) is 0. The molecule has 0 spiro atoms. The fraction of sp³-hybridized carbons (Fsp3) is 1.00. The zero-order valence-electron chi connectivity index (χ0n) is 11.0. The molecule has 2 fully saturated rings. The molecule has 2 rings (SSSR count). The van der Waals surface area contributed by atoms with E-state index in [0.717, 1.165) is 6.04 Å². The van der Waals surface area contributed by atoms with Crippen LogP contribution in [-0.2, 0) is 4.74 Å². The lowest BCUT2D eigenvalue weighted by molar-refractivity contribution is 0.0141. The molecule has 0 radical (unpaired) electrons. The van der Waals surface area contributed by atoms with Gasteiger partial charge in [0.05, 0.1) is 6.10 Å². The molecule has 0 aromatic carbocycles.